The predicted molar refractivity (Wildman–Crippen MR) is 100 cm³/mol. The van der Waals surface area contributed by atoms with Crippen LogP contribution in [0, 0.1) is 0 Å². The van der Waals surface area contributed by atoms with Crippen molar-refractivity contribution in [1.82, 2.24) is 5.16 Å². The Morgan fingerprint density at radius 3 is 2.92 bits per heavy atom. The van der Waals surface area contributed by atoms with Crippen LogP contribution in [0.2, 0.25) is 0 Å². The van der Waals surface area contributed by atoms with Crippen molar-refractivity contribution in [3.05, 3.63) is 45.3 Å². The van der Waals surface area contributed by atoms with Crippen LogP contribution in [0.25, 0.3) is 10.6 Å². The summed E-state index contributed by atoms with van der Waals surface area (Å²) in [5, 5.41) is 9.12. The van der Waals surface area contributed by atoms with E-state index in [1.54, 1.807) is 6.07 Å². The molecule has 0 unspecified atom stereocenters. The van der Waals surface area contributed by atoms with Gasteiger partial charge in [0.05, 0.1) is 17.6 Å². The van der Waals surface area contributed by atoms with Gasteiger partial charge in [-0.1, -0.05) is 11.2 Å². The zero-order chi connectivity index (χ0) is 18.1. The molecule has 1 N–H and O–H groups in total. The zero-order valence-electron chi connectivity index (χ0n) is 14.0. The summed E-state index contributed by atoms with van der Waals surface area (Å²) in [6.45, 7) is 0. The molecule has 0 saturated heterocycles. The molecule has 3 aromatic rings. The van der Waals surface area contributed by atoms with Gasteiger partial charge in [0.2, 0.25) is 0 Å². The molecule has 134 valence electrons. The Morgan fingerprint density at radius 1 is 1.31 bits per heavy atom. The van der Waals surface area contributed by atoms with Crippen LogP contribution in [0.4, 0.5) is 5.00 Å². The summed E-state index contributed by atoms with van der Waals surface area (Å²) >= 11 is 2.95. The number of methoxy groups -OCH3 is 1. The maximum atomic E-state index is 12.6. The highest BCUT2D eigenvalue weighted by Gasteiger charge is 2.27. The number of hydrogen-bond donors (Lipinski definition) is 1. The number of carbonyl (C=O) groups excluding carboxylic acids is 2. The van der Waals surface area contributed by atoms with E-state index in [-0.39, 0.29) is 5.69 Å². The Hall–Kier alpha value is -2.45. The van der Waals surface area contributed by atoms with Gasteiger partial charge in [0, 0.05) is 10.9 Å². The molecule has 3 aromatic heterocycles. The summed E-state index contributed by atoms with van der Waals surface area (Å²) < 4.78 is 10.2. The summed E-state index contributed by atoms with van der Waals surface area (Å²) in [6.07, 6.45) is 3.88. The number of carbonyl (C=O) groups is 2. The van der Waals surface area contributed by atoms with Crippen LogP contribution in [0.15, 0.2) is 28.1 Å². The fourth-order valence-corrected chi connectivity index (χ4v) is 5.00. The van der Waals surface area contributed by atoms with Gasteiger partial charge in [-0.05, 0) is 42.7 Å². The first-order valence-electron chi connectivity index (χ1n) is 8.22. The average Bonchev–Trinajstić information content (AvgIpc) is 3.38. The first-order chi connectivity index (χ1) is 12.7. The summed E-state index contributed by atoms with van der Waals surface area (Å²) in [5.74, 6) is -0.275. The van der Waals surface area contributed by atoms with Crippen molar-refractivity contribution in [2.75, 3.05) is 12.4 Å². The molecule has 8 heteroatoms. The van der Waals surface area contributed by atoms with Crippen molar-refractivity contribution in [3.8, 4) is 10.6 Å². The molecule has 1 aliphatic rings. The van der Waals surface area contributed by atoms with E-state index in [0.717, 1.165) is 41.0 Å². The number of aryl methyl sites for hydroxylation is 1. The van der Waals surface area contributed by atoms with Crippen LogP contribution < -0.4 is 5.32 Å². The molecule has 1 amide bonds. The van der Waals surface area contributed by atoms with E-state index < -0.39 is 11.9 Å². The number of nitrogens with zero attached hydrogens (tertiary/aromatic N) is 1. The van der Waals surface area contributed by atoms with Gasteiger partial charge in [0.25, 0.3) is 5.91 Å². The third-order valence-electron chi connectivity index (χ3n) is 4.29. The Kier molecular flexibility index (Phi) is 4.60. The lowest BCUT2D eigenvalue weighted by molar-refractivity contribution is 0.0601. The lowest BCUT2D eigenvalue weighted by Crippen LogP contribution is -2.15. The highest BCUT2D eigenvalue weighted by atomic mass is 32.1. The minimum Gasteiger partial charge on any atom is -0.465 e. The molecule has 6 nitrogen and oxygen atoms in total. The fraction of sp³-hybridized carbons (Fsp3) is 0.278. The maximum absolute atomic E-state index is 12.6. The smallest absolute Gasteiger partial charge is 0.341 e. The Balaban J connectivity index is 1.62. The first kappa shape index (κ1) is 17.0. The van der Waals surface area contributed by atoms with Crippen LogP contribution in [-0.2, 0) is 17.6 Å². The molecule has 0 bridgehead atoms. The number of rotatable bonds is 4. The molecule has 0 fully saturated rings. The number of anilines is 1. The minimum absolute atomic E-state index is 0.176. The molecule has 26 heavy (non-hydrogen) atoms. The van der Waals surface area contributed by atoms with Crippen molar-refractivity contribution >= 4 is 39.6 Å². The zero-order valence-corrected chi connectivity index (χ0v) is 15.7. The number of fused-ring (bicyclic) bond motifs is 1. The van der Waals surface area contributed by atoms with Crippen LogP contribution in [-0.4, -0.2) is 24.1 Å². The van der Waals surface area contributed by atoms with Gasteiger partial charge in [0.1, 0.15) is 5.00 Å². The predicted octanol–water partition coefficient (Wildman–Crippen LogP) is 4.38. The van der Waals surface area contributed by atoms with Crippen molar-refractivity contribution in [2.45, 2.75) is 25.7 Å². The lowest BCUT2D eigenvalue weighted by Gasteiger charge is -2.11. The summed E-state index contributed by atoms with van der Waals surface area (Å²) in [4.78, 5) is 26.9. The SMILES string of the molecule is COC(=O)c1c(NC(=O)c2cc(-c3cccs3)on2)sc2c1CCCC2. The second-order valence-electron chi connectivity index (χ2n) is 5.91. The van der Waals surface area contributed by atoms with E-state index in [2.05, 4.69) is 10.5 Å². The van der Waals surface area contributed by atoms with Gasteiger partial charge in [-0.25, -0.2) is 4.79 Å². The molecular formula is C18H16N2O4S2. The first-order valence-corrected chi connectivity index (χ1v) is 9.91. The number of amides is 1. The van der Waals surface area contributed by atoms with Crippen LogP contribution >= 0.6 is 22.7 Å². The number of esters is 1. The van der Waals surface area contributed by atoms with E-state index >= 15 is 0 Å². The van der Waals surface area contributed by atoms with E-state index in [4.69, 9.17) is 9.26 Å². The highest BCUT2D eigenvalue weighted by molar-refractivity contribution is 7.17. The molecule has 0 aromatic carbocycles. The number of hydrogen-bond acceptors (Lipinski definition) is 7. The van der Waals surface area contributed by atoms with Gasteiger partial charge in [-0.15, -0.1) is 22.7 Å². The quantitative estimate of drug-likeness (QED) is 0.671. The standard InChI is InChI=1S/C18H16N2O4S2/c1-23-18(22)15-10-5-2-3-6-13(10)26-17(15)19-16(21)11-9-12(24-20-11)14-7-4-8-25-14/h4,7-9H,2-3,5-6H2,1H3,(H,19,21). The van der Waals surface area contributed by atoms with Crippen molar-refractivity contribution in [1.29, 1.82) is 0 Å². The van der Waals surface area contributed by atoms with Gasteiger partial charge in [0.15, 0.2) is 11.5 Å². The van der Waals surface area contributed by atoms with Crippen LogP contribution in [0.1, 0.15) is 44.1 Å². The van der Waals surface area contributed by atoms with Crippen LogP contribution in [0.3, 0.4) is 0 Å². The summed E-state index contributed by atoms with van der Waals surface area (Å²) in [6, 6.07) is 5.41. The van der Waals surface area contributed by atoms with Gasteiger partial charge < -0.3 is 14.6 Å². The van der Waals surface area contributed by atoms with E-state index in [1.807, 2.05) is 17.5 Å². The lowest BCUT2D eigenvalue weighted by atomic mass is 9.95. The van der Waals surface area contributed by atoms with Gasteiger partial charge in [-0.2, -0.15) is 0 Å². The third kappa shape index (κ3) is 3.06. The summed E-state index contributed by atoms with van der Waals surface area (Å²) in [7, 11) is 1.35. The van der Waals surface area contributed by atoms with Crippen molar-refractivity contribution in [3.63, 3.8) is 0 Å². The Morgan fingerprint density at radius 2 is 2.15 bits per heavy atom. The van der Waals surface area contributed by atoms with E-state index in [9.17, 15) is 9.59 Å². The number of thiophene rings is 2. The number of nitrogens with one attached hydrogen (secondary N) is 1. The molecular weight excluding hydrogens is 372 g/mol. The molecule has 4 rings (SSSR count). The number of aromatic nitrogens is 1. The second kappa shape index (κ2) is 7.05. The number of ether oxygens (including phenoxy) is 1. The van der Waals surface area contributed by atoms with Gasteiger partial charge in [-0.3, -0.25) is 4.79 Å². The largest absolute Gasteiger partial charge is 0.465 e. The molecule has 0 atom stereocenters. The van der Waals surface area contributed by atoms with Gasteiger partial charge >= 0.3 is 5.97 Å². The molecule has 0 radical (unpaired) electrons. The second-order valence-corrected chi connectivity index (χ2v) is 7.97. The minimum atomic E-state index is -0.417. The van der Waals surface area contributed by atoms with Crippen molar-refractivity contribution < 1.29 is 18.8 Å². The van der Waals surface area contributed by atoms with Crippen molar-refractivity contribution in [2.24, 2.45) is 0 Å². The highest BCUT2D eigenvalue weighted by Crippen LogP contribution is 2.38. The molecule has 0 saturated carbocycles. The average molecular weight is 388 g/mol. The van der Waals surface area contributed by atoms with E-state index in [1.165, 1.54) is 29.8 Å². The Labute approximate surface area is 157 Å². The van der Waals surface area contributed by atoms with Crippen LogP contribution in [0.5, 0.6) is 0 Å². The Bertz CT molecular complexity index is 956. The maximum Gasteiger partial charge on any atom is 0.341 e. The topological polar surface area (TPSA) is 81.4 Å². The normalized spacial score (nSPS) is 13.3. The molecule has 0 aliphatic heterocycles. The fourth-order valence-electron chi connectivity index (χ4n) is 3.06. The molecule has 3 heterocycles. The molecule has 0 spiro atoms. The summed E-state index contributed by atoms with van der Waals surface area (Å²) in [5.41, 5.74) is 1.65. The third-order valence-corrected chi connectivity index (χ3v) is 6.39. The molecule has 1 aliphatic carbocycles. The monoisotopic (exact) mass is 388 g/mol. The van der Waals surface area contributed by atoms with E-state index in [0.29, 0.717) is 16.3 Å².